The molecule has 0 aliphatic rings. The summed E-state index contributed by atoms with van der Waals surface area (Å²) in [5.41, 5.74) is 7.30. The average molecular weight is 262 g/mol. The van der Waals surface area contributed by atoms with E-state index in [-0.39, 0.29) is 0 Å². The van der Waals surface area contributed by atoms with Crippen LogP contribution in [0.25, 0.3) is 0 Å². The Kier molecular flexibility index (Phi) is 7.11. The van der Waals surface area contributed by atoms with Gasteiger partial charge < -0.3 is 0 Å². The van der Waals surface area contributed by atoms with E-state index >= 15 is 0 Å². The summed E-state index contributed by atoms with van der Waals surface area (Å²) in [4.78, 5) is 0. The monoisotopic (exact) mass is 262 g/mol. The summed E-state index contributed by atoms with van der Waals surface area (Å²) in [6, 6.07) is 6.92. The van der Waals surface area contributed by atoms with Gasteiger partial charge in [0.2, 0.25) is 0 Å². The fourth-order valence-corrected chi connectivity index (χ4v) is 3.04. The van der Waals surface area contributed by atoms with Gasteiger partial charge in [-0.1, -0.05) is 44.9 Å². The summed E-state index contributed by atoms with van der Waals surface area (Å²) >= 11 is 0. The van der Waals surface area contributed by atoms with Gasteiger partial charge in [0.15, 0.2) is 0 Å². The van der Waals surface area contributed by atoms with E-state index in [4.69, 9.17) is 5.84 Å². The van der Waals surface area contributed by atoms with Crippen LogP contribution in [-0.4, -0.2) is 6.04 Å². The van der Waals surface area contributed by atoms with Gasteiger partial charge in [-0.3, -0.25) is 11.3 Å². The number of nitrogens with two attached hydrogens (primary N) is 1. The number of rotatable bonds is 8. The topological polar surface area (TPSA) is 38.0 Å². The fourth-order valence-electron chi connectivity index (χ4n) is 3.04. The van der Waals surface area contributed by atoms with Gasteiger partial charge in [-0.25, -0.2) is 0 Å². The molecule has 0 aromatic heterocycles. The molecule has 1 atom stereocenters. The van der Waals surface area contributed by atoms with Crippen LogP contribution in [0.5, 0.6) is 0 Å². The van der Waals surface area contributed by atoms with Gasteiger partial charge in [0.25, 0.3) is 0 Å². The minimum absolute atomic E-state index is 0.389. The quantitative estimate of drug-likeness (QED) is 0.551. The predicted molar refractivity (Wildman–Crippen MR) is 84.0 cm³/mol. The molecule has 0 aliphatic heterocycles. The third-order valence-corrected chi connectivity index (χ3v) is 4.17. The Bertz CT molecular complexity index is 347. The Hall–Kier alpha value is -0.860. The molecule has 3 N–H and O–H groups in total. The molecule has 0 radical (unpaired) electrons. The van der Waals surface area contributed by atoms with Crippen molar-refractivity contribution < 1.29 is 0 Å². The smallest absolute Gasteiger partial charge is 0.0279 e. The van der Waals surface area contributed by atoms with E-state index in [1.807, 2.05) is 0 Å². The number of hydrogen-bond donors (Lipinski definition) is 2. The van der Waals surface area contributed by atoms with Gasteiger partial charge in [-0.05, 0) is 55.7 Å². The standard InChI is InChI=1S/C17H30N2/c1-5-8-15(9-6-2)17(19-18)12-16-13(3)10-7-11-14(16)4/h7,10-11,15,17,19H,5-6,8-9,12,18H2,1-4H3. The van der Waals surface area contributed by atoms with E-state index in [9.17, 15) is 0 Å². The number of hydrogen-bond acceptors (Lipinski definition) is 2. The molecule has 0 spiro atoms. The van der Waals surface area contributed by atoms with Crippen molar-refractivity contribution in [3.63, 3.8) is 0 Å². The molecule has 1 rings (SSSR count). The lowest BCUT2D eigenvalue weighted by Gasteiger charge is -2.27. The molecule has 2 nitrogen and oxygen atoms in total. The summed E-state index contributed by atoms with van der Waals surface area (Å²) in [5.74, 6) is 6.51. The van der Waals surface area contributed by atoms with Crippen molar-refractivity contribution in [3.05, 3.63) is 34.9 Å². The first-order valence-electron chi connectivity index (χ1n) is 7.65. The van der Waals surface area contributed by atoms with E-state index in [0.29, 0.717) is 12.0 Å². The Balaban J connectivity index is 2.85. The van der Waals surface area contributed by atoms with Crippen molar-refractivity contribution in [3.8, 4) is 0 Å². The molecule has 0 heterocycles. The van der Waals surface area contributed by atoms with E-state index < -0.39 is 0 Å². The Morgan fingerprint density at radius 2 is 1.58 bits per heavy atom. The van der Waals surface area contributed by atoms with Gasteiger partial charge in [0.05, 0.1) is 0 Å². The van der Waals surface area contributed by atoms with Gasteiger partial charge in [0.1, 0.15) is 0 Å². The highest BCUT2D eigenvalue weighted by atomic mass is 15.2. The molecule has 1 aromatic carbocycles. The van der Waals surface area contributed by atoms with Crippen LogP contribution in [0.15, 0.2) is 18.2 Å². The van der Waals surface area contributed by atoms with E-state index in [1.165, 1.54) is 42.4 Å². The van der Waals surface area contributed by atoms with Crippen LogP contribution in [-0.2, 0) is 6.42 Å². The molecular formula is C17H30N2. The molecule has 0 amide bonds. The lowest BCUT2D eigenvalue weighted by atomic mass is 9.85. The van der Waals surface area contributed by atoms with Crippen LogP contribution in [0, 0.1) is 19.8 Å². The molecule has 108 valence electrons. The number of benzene rings is 1. The lowest BCUT2D eigenvalue weighted by molar-refractivity contribution is 0.311. The van der Waals surface area contributed by atoms with Crippen LogP contribution in [0.1, 0.15) is 56.2 Å². The number of aryl methyl sites for hydroxylation is 2. The second-order valence-corrected chi connectivity index (χ2v) is 5.69. The zero-order valence-corrected chi connectivity index (χ0v) is 13.0. The number of nitrogens with one attached hydrogen (secondary N) is 1. The van der Waals surface area contributed by atoms with Crippen LogP contribution >= 0.6 is 0 Å². The van der Waals surface area contributed by atoms with Crippen LogP contribution < -0.4 is 11.3 Å². The van der Waals surface area contributed by atoms with E-state index in [1.54, 1.807) is 0 Å². The van der Waals surface area contributed by atoms with Gasteiger partial charge in [-0.2, -0.15) is 0 Å². The zero-order valence-electron chi connectivity index (χ0n) is 13.0. The summed E-state index contributed by atoms with van der Waals surface area (Å²) in [6.45, 7) is 8.92. The molecule has 19 heavy (non-hydrogen) atoms. The van der Waals surface area contributed by atoms with Gasteiger partial charge >= 0.3 is 0 Å². The molecule has 0 saturated heterocycles. The maximum Gasteiger partial charge on any atom is 0.0279 e. The first kappa shape index (κ1) is 16.2. The maximum atomic E-state index is 5.83. The molecule has 1 unspecified atom stereocenters. The number of hydrazine groups is 1. The highest BCUT2D eigenvalue weighted by Gasteiger charge is 2.20. The molecule has 0 aliphatic carbocycles. The SMILES string of the molecule is CCCC(CCC)C(Cc1c(C)cccc1C)NN. The van der Waals surface area contributed by atoms with Crippen molar-refractivity contribution in [1.82, 2.24) is 5.43 Å². The van der Waals surface area contributed by atoms with E-state index in [2.05, 4.69) is 51.3 Å². The van der Waals surface area contributed by atoms with Crippen LogP contribution in [0.4, 0.5) is 0 Å². The largest absolute Gasteiger partial charge is 0.271 e. The molecule has 0 bridgehead atoms. The minimum Gasteiger partial charge on any atom is -0.271 e. The van der Waals surface area contributed by atoms with Crippen molar-refractivity contribution in [2.75, 3.05) is 0 Å². The maximum absolute atomic E-state index is 5.83. The molecule has 0 saturated carbocycles. The highest BCUT2D eigenvalue weighted by Crippen LogP contribution is 2.23. The summed E-state index contributed by atoms with van der Waals surface area (Å²) in [5, 5.41) is 0. The second kappa shape index (κ2) is 8.34. The third-order valence-electron chi connectivity index (χ3n) is 4.17. The third kappa shape index (κ3) is 4.63. The Morgan fingerprint density at radius 3 is 2.00 bits per heavy atom. The minimum atomic E-state index is 0.389. The predicted octanol–water partition coefficient (Wildman–Crippen LogP) is 3.89. The first-order valence-corrected chi connectivity index (χ1v) is 7.65. The summed E-state index contributed by atoms with van der Waals surface area (Å²) in [6.07, 6.45) is 6.02. The van der Waals surface area contributed by atoms with Crippen molar-refractivity contribution in [2.24, 2.45) is 11.8 Å². The molecule has 0 fully saturated rings. The fraction of sp³-hybridized carbons (Fsp3) is 0.647. The molecule has 1 aromatic rings. The average Bonchev–Trinajstić information content (AvgIpc) is 2.38. The lowest BCUT2D eigenvalue weighted by Crippen LogP contribution is -2.42. The molecule has 2 heteroatoms. The van der Waals surface area contributed by atoms with Crippen molar-refractivity contribution >= 4 is 0 Å². The summed E-state index contributed by atoms with van der Waals surface area (Å²) in [7, 11) is 0. The van der Waals surface area contributed by atoms with Crippen molar-refractivity contribution in [2.45, 2.75) is 65.8 Å². The van der Waals surface area contributed by atoms with Gasteiger partial charge in [0, 0.05) is 6.04 Å². The normalized spacial score (nSPS) is 12.9. The second-order valence-electron chi connectivity index (χ2n) is 5.69. The summed E-state index contributed by atoms with van der Waals surface area (Å²) < 4.78 is 0. The Morgan fingerprint density at radius 1 is 1.05 bits per heavy atom. The van der Waals surface area contributed by atoms with E-state index in [0.717, 1.165) is 6.42 Å². The van der Waals surface area contributed by atoms with Crippen molar-refractivity contribution in [1.29, 1.82) is 0 Å². The molecular weight excluding hydrogens is 232 g/mol. The highest BCUT2D eigenvalue weighted by molar-refractivity contribution is 5.34. The van der Waals surface area contributed by atoms with Crippen LogP contribution in [0.3, 0.4) is 0 Å². The van der Waals surface area contributed by atoms with Crippen LogP contribution in [0.2, 0.25) is 0 Å². The Labute approximate surface area is 118 Å². The first-order chi connectivity index (χ1) is 9.13. The zero-order chi connectivity index (χ0) is 14.3. The van der Waals surface area contributed by atoms with Gasteiger partial charge in [-0.15, -0.1) is 0 Å².